The average molecular weight is 494 g/mol. The number of nitrogens with zero attached hydrogens (tertiary/aromatic N) is 4. The Morgan fingerprint density at radius 1 is 1.00 bits per heavy atom. The van der Waals surface area contributed by atoms with E-state index in [4.69, 9.17) is 14.5 Å². The molecule has 0 unspecified atom stereocenters. The fraction of sp³-hybridized carbons (Fsp3) is 0.640. The Bertz CT molecular complexity index is 1010. The van der Waals surface area contributed by atoms with Gasteiger partial charge in [0.2, 0.25) is 0 Å². The minimum atomic E-state index is -4.16. The van der Waals surface area contributed by atoms with E-state index in [2.05, 4.69) is 21.2 Å². The minimum Gasteiger partial charge on any atom is -0.493 e. The van der Waals surface area contributed by atoms with E-state index in [1.165, 1.54) is 4.90 Å². The molecule has 0 saturated carbocycles. The molecule has 10 heteroatoms. The number of fused-ring (bicyclic) bond motifs is 1. The molecule has 0 radical (unpaired) electrons. The molecule has 2 aromatic rings. The van der Waals surface area contributed by atoms with E-state index in [9.17, 15) is 13.2 Å². The lowest BCUT2D eigenvalue weighted by Crippen LogP contribution is -2.39. The van der Waals surface area contributed by atoms with Crippen LogP contribution in [0.15, 0.2) is 18.2 Å². The third-order valence-electron chi connectivity index (χ3n) is 7.32. The van der Waals surface area contributed by atoms with Crippen molar-refractivity contribution in [3.63, 3.8) is 0 Å². The summed E-state index contributed by atoms with van der Waals surface area (Å²) in [4.78, 5) is 11.0. The van der Waals surface area contributed by atoms with Gasteiger partial charge in [0.25, 0.3) is 0 Å². The molecule has 192 valence electrons. The third kappa shape index (κ3) is 5.76. The summed E-state index contributed by atoms with van der Waals surface area (Å²) in [5, 5.41) is 4.29. The summed E-state index contributed by atoms with van der Waals surface area (Å²) in [6.45, 7) is 5.14. The first-order chi connectivity index (χ1) is 16.9. The van der Waals surface area contributed by atoms with Gasteiger partial charge in [-0.05, 0) is 62.4 Å². The van der Waals surface area contributed by atoms with E-state index in [0.29, 0.717) is 44.2 Å². The molecule has 0 spiro atoms. The monoisotopic (exact) mass is 493 g/mol. The van der Waals surface area contributed by atoms with Crippen LogP contribution in [0.1, 0.15) is 37.2 Å². The Balaban J connectivity index is 1.45. The number of nitrogens with one attached hydrogen (secondary N) is 1. The molecule has 3 fully saturated rings. The molecule has 0 atom stereocenters. The first-order valence-corrected chi connectivity index (χ1v) is 12.5. The molecule has 0 aliphatic carbocycles. The van der Waals surface area contributed by atoms with Crippen LogP contribution in [0.25, 0.3) is 10.9 Å². The van der Waals surface area contributed by atoms with Crippen molar-refractivity contribution in [3.05, 3.63) is 23.8 Å². The topological polar surface area (TPSA) is 53.1 Å². The van der Waals surface area contributed by atoms with Crippen molar-refractivity contribution in [2.24, 2.45) is 0 Å². The van der Waals surface area contributed by atoms with Crippen LogP contribution < -0.4 is 19.7 Å². The Labute approximate surface area is 204 Å². The van der Waals surface area contributed by atoms with Gasteiger partial charge in [0, 0.05) is 37.6 Å². The Kier molecular flexibility index (Phi) is 7.22. The van der Waals surface area contributed by atoms with Crippen LogP contribution in [0.4, 0.5) is 19.0 Å². The Morgan fingerprint density at radius 2 is 1.77 bits per heavy atom. The van der Waals surface area contributed by atoms with E-state index in [-0.39, 0.29) is 5.92 Å². The summed E-state index contributed by atoms with van der Waals surface area (Å²) in [6, 6.07) is 6.11. The van der Waals surface area contributed by atoms with Crippen LogP contribution in [0.2, 0.25) is 0 Å². The number of aromatic nitrogens is 1. The van der Waals surface area contributed by atoms with Crippen LogP contribution in [0.5, 0.6) is 11.5 Å². The molecule has 3 aliphatic heterocycles. The molecule has 3 saturated heterocycles. The van der Waals surface area contributed by atoms with Gasteiger partial charge in [-0.25, -0.2) is 4.98 Å². The fourth-order valence-electron chi connectivity index (χ4n) is 5.44. The number of methoxy groups -OCH3 is 1. The molecule has 3 aliphatic rings. The molecular weight excluding hydrogens is 459 g/mol. The van der Waals surface area contributed by atoms with Gasteiger partial charge in [0.1, 0.15) is 12.5 Å². The zero-order valence-corrected chi connectivity index (χ0v) is 20.2. The first-order valence-electron chi connectivity index (χ1n) is 12.5. The quantitative estimate of drug-likeness (QED) is 0.630. The number of benzene rings is 1. The predicted octanol–water partition coefficient (Wildman–Crippen LogP) is 3.78. The molecule has 1 aromatic carbocycles. The molecule has 5 rings (SSSR count). The molecule has 7 nitrogen and oxygen atoms in total. The summed E-state index contributed by atoms with van der Waals surface area (Å²) in [6.07, 6.45) is -0.486. The van der Waals surface area contributed by atoms with E-state index in [1.54, 1.807) is 7.11 Å². The summed E-state index contributed by atoms with van der Waals surface area (Å²) >= 11 is 0. The lowest BCUT2D eigenvalue weighted by molar-refractivity contribution is -0.147. The maximum absolute atomic E-state index is 12.9. The van der Waals surface area contributed by atoms with Crippen LogP contribution in [0, 0.1) is 0 Å². The number of pyridine rings is 1. The van der Waals surface area contributed by atoms with Gasteiger partial charge in [0.15, 0.2) is 11.5 Å². The van der Waals surface area contributed by atoms with E-state index < -0.39 is 12.7 Å². The zero-order chi connectivity index (χ0) is 24.4. The van der Waals surface area contributed by atoms with E-state index >= 15 is 0 Å². The Morgan fingerprint density at radius 3 is 2.43 bits per heavy atom. The summed E-state index contributed by atoms with van der Waals surface area (Å²) in [5.74, 6) is 2.43. The molecule has 1 N–H and O–H groups in total. The minimum absolute atomic E-state index is 0.179. The zero-order valence-electron chi connectivity index (χ0n) is 20.2. The number of hydrogen-bond donors (Lipinski definition) is 1. The maximum Gasteiger partial charge on any atom is 0.401 e. The predicted molar refractivity (Wildman–Crippen MR) is 129 cm³/mol. The molecule has 0 bridgehead atoms. The second-order valence-corrected chi connectivity index (χ2v) is 9.78. The highest BCUT2D eigenvalue weighted by Gasteiger charge is 2.33. The second kappa shape index (κ2) is 10.4. The van der Waals surface area contributed by atoms with Gasteiger partial charge < -0.3 is 19.7 Å². The van der Waals surface area contributed by atoms with E-state index in [0.717, 1.165) is 68.0 Å². The highest BCUT2D eigenvalue weighted by molar-refractivity contribution is 5.88. The summed E-state index contributed by atoms with van der Waals surface area (Å²) < 4.78 is 50.5. The van der Waals surface area contributed by atoms with Gasteiger partial charge in [0.05, 0.1) is 25.8 Å². The van der Waals surface area contributed by atoms with E-state index in [1.807, 2.05) is 12.1 Å². The molecule has 0 amide bonds. The SMILES string of the molecule is COc1cc2c(C3CCN(CC(F)(F)F)CC3)cc(N3CCCC3)nc2cc1OCN1CCNC1. The van der Waals surface area contributed by atoms with Crippen LogP contribution in [-0.4, -0.2) is 87.3 Å². The van der Waals surface area contributed by atoms with Gasteiger partial charge in [-0.15, -0.1) is 0 Å². The Hall–Kier alpha value is -2.30. The van der Waals surface area contributed by atoms with Crippen LogP contribution in [0.3, 0.4) is 0 Å². The first kappa shape index (κ1) is 24.4. The average Bonchev–Trinajstić information content (AvgIpc) is 3.55. The molecule has 1 aromatic heterocycles. The van der Waals surface area contributed by atoms with Crippen molar-refractivity contribution >= 4 is 16.7 Å². The van der Waals surface area contributed by atoms with Crippen molar-refractivity contribution in [1.29, 1.82) is 0 Å². The van der Waals surface area contributed by atoms with Gasteiger partial charge in [-0.1, -0.05) is 0 Å². The second-order valence-electron chi connectivity index (χ2n) is 9.78. The number of alkyl halides is 3. The van der Waals surface area contributed by atoms with Crippen molar-refractivity contribution in [2.45, 2.75) is 37.8 Å². The fourth-order valence-corrected chi connectivity index (χ4v) is 5.44. The highest BCUT2D eigenvalue weighted by Crippen LogP contribution is 2.40. The maximum atomic E-state index is 12.9. The smallest absolute Gasteiger partial charge is 0.401 e. The van der Waals surface area contributed by atoms with Gasteiger partial charge >= 0.3 is 6.18 Å². The van der Waals surface area contributed by atoms with Crippen LogP contribution >= 0.6 is 0 Å². The summed E-state index contributed by atoms with van der Waals surface area (Å²) in [7, 11) is 1.63. The lowest BCUT2D eigenvalue weighted by Gasteiger charge is -2.33. The third-order valence-corrected chi connectivity index (χ3v) is 7.32. The van der Waals surface area contributed by atoms with Crippen molar-refractivity contribution < 1.29 is 22.6 Å². The lowest BCUT2D eigenvalue weighted by atomic mass is 9.87. The molecule has 35 heavy (non-hydrogen) atoms. The van der Waals surface area contributed by atoms with Crippen molar-refractivity contribution in [2.75, 3.05) is 71.2 Å². The van der Waals surface area contributed by atoms with Crippen LogP contribution in [-0.2, 0) is 0 Å². The number of hydrogen-bond acceptors (Lipinski definition) is 7. The van der Waals surface area contributed by atoms with Crippen molar-refractivity contribution in [1.82, 2.24) is 20.1 Å². The number of anilines is 1. The number of rotatable bonds is 7. The summed E-state index contributed by atoms with van der Waals surface area (Å²) in [5.41, 5.74) is 2.00. The molecule has 4 heterocycles. The number of ether oxygens (including phenoxy) is 2. The normalized spacial score (nSPS) is 20.7. The number of piperidine rings is 1. The molecular formula is C25H34F3N5O2. The number of likely N-dealkylation sites (tertiary alicyclic amines) is 1. The van der Waals surface area contributed by atoms with Gasteiger partial charge in [-0.3, -0.25) is 9.80 Å². The number of halogens is 3. The highest BCUT2D eigenvalue weighted by atomic mass is 19.4. The van der Waals surface area contributed by atoms with Crippen molar-refractivity contribution in [3.8, 4) is 11.5 Å². The van der Waals surface area contributed by atoms with Gasteiger partial charge in [-0.2, -0.15) is 13.2 Å². The largest absolute Gasteiger partial charge is 0.493 e. The standard InChI is InChI=1S/C25H34F3N5O2/c1-34-22-12-20-19(18-4-9-31(10-5-18)15-25(26,27)28)13-24(33-7-2-3-8-33)30-21(20)14-23(22)35-17-32-11-6-29-16-32/h12-14,18,29H,2-11,15-17H2,1H3.